The van der Waals surface area contributed by atoms with Crippen molar-refractivity contribution in [3.8, 4) is 0 Å². The van der Waals surface area contributed by atoms with Crippen LogP contribution in [0.2, 0.25) is 0 Å². The maximum absolute atomic E-state index is 12.3. The number of nitrogens with zero attached hydrogens (tertiary/aromatic N) is 3. The van der Waals surface area contributed by atoms with Gasteiger partial charge in [-0.25, -0.2) is 0 Å². The second-order valence-electron chi connectivity index (χ2n) is 5.22. The molecule has 1 amide bonds. The standard InChI is InChI=1S/C12H22N4O2/c1-9(11(13)14-18)12(17)16-7-3-6-15-5-2-4-10(15)8-16/h9-10,18H,2-8H2,1H3,(H2,13,14). The first-order chi connectivity index (χ1) is 8.63. The van der Waals surface area contributed by atoms with E-state index in [2.05, 4.69) is 10.1 Å². The number of carbonyl (C=O) groups excluding carboxylic acids is 1. The molecule has 0 aromatic rings. The number of hydrogen-bond donors (Lipinski definition) is 2. The van der Waals surface area contributed by atoms with Gasteiger partial charge in [0.05, 0.1) is 5.92 Å². The largest absolute Gasteiger partial charge is 0.409 e. The molecule has 102 valence electrons. The van der Waals surface area contributed by atoms with Crippen molar-refractivity contribution in [2.45, 2.75) is 32.2 Å². The molecule has 2 aliphatic heterocycles. The maximum Gasteiger partial charge on any atom is 0.233 e. The van der Waals surface area contributed by atoms with Gasteiger partial charge in [-0.1, -0.05) is 5.16 Å². The first-order valence-corrected chi connectivity index (χ1v) is 6.63. The van der Waals surface area contributed by atoms with Gasteiger partial charge < -0.3 is 15.8 Å². The zero-order valence-electron chi connectivity index (χ0n) is 10.9. The van der Waals surface area contributed by atoms with E-state index in [9.17, 15) is 4.79 Å². The van der Waals surface area contributed by atoms with Crippen molar-refractivity contribution in [3.05, 3.63) is 0 Å². The van der Waals surface area contributed by atoms with Gasteiger partial charge in [0.15, 0.2) is 5.84 Å². The van der Waals surface area contributed by atoms with E-state index in [1.165, 1.54) is 12.8 Å². The van der Waals surface area contributed by atoms with Gasteiger partial charge in [0.25, 0.3) is 0 Å². The lowest BCUT2D eigenvalue weighted by atomic mass is 10.1. The van der Waals surface area contributed by atoms with Gasteiger partial charge in [-0.05, 0) is 32.7 Å². The Labute approximate surface area is 107 Å². The SMILES string of the molecule is CC(C(=O)N1CCCN2CCCC2C1)C(N)=NO. The number of hydrogen-bond acceptors (Lipinski definition) is 4. The van der Waals surface area contributed by atoms with Gasteiger partial charge in [-0.3, -0.25) is 9.69 Å². The van der Waals surface area contributed by atoms with Crippen molar-refractivity contribution < 1.29 is 10.0 Å². The van der Waals surface area contributed by atoms with Crippen LogP contribution in [0.4, 0.5) is 0 Å². The molecular formula is C12H22N4O2. The fraction of sp³-hybridized carbons (Fsp3) is 0.833. The van der Waals surface area contributed by atoms with Crippen molar-refractivity contribution in [1.82, 2.24) is 9.80 Å². The average molecular weight is 254 g/mol. The lowest BCUT2D eigenvalue weighted by molar-refractivity contribution is -0.133. The summed E-state index contributed by atoms with van der Waals surface area (Å²) in [4.78, 5) is 16.6. The second-order valence-corrected chi connectivity index (χ2v) is 5.22. The smallest absolute Gasteiger partial charge is 0.233 e. The Balaban J connectivity index is 2.01. The average Bonchev–Trinajstić information content (AvgIpc) is 2.73. The molecule has 2 saturated heterocycles. The molecule has 0 aromatic heterocycles. The minimum Gasteiger partial charge on any atom is -0.409 e. The van der Waals surface area contributed by atoms with E-state index < -0.39 is 5.92 Å². The maximum atomic E-state index is 12.3. The number of oxime groups is 1. The van der Waals surface area contributed by atoms with Crippen molar-refractivity contribution in [2.75, 3.05) is 26.2 Å². The molecule has 3 N–H and O–H groups in total. The van der Waals surface area contributed by atoms with Crippen LogP contribution in [0.25, 0.3) is 0 Å². The molecule has 0 aliphatic carbocycles. The molecular weight excluding hydrogens is 232 g/mol. The fourth-order valence-electron chi connectivity index (χ4n) is 2.89. The van der Waals surface area contributed by atoms with E-state index >= 15 is 0 Å². The Morgan fingerprint density at radius 2 is 2.11 bits per heavy atom. The molecule has 2 heterocycles. The van der Waals surface area contributed by atoms with Crippen LogP contribution in [-0.4, -0.2) is 59.0 Å². The number of rotatable bonds is 2. The van der Waals surface area contributed by atoms with Gasteiger partial charge in [0, 0.05) is 25.7 Å². The van der Waals surface area contributed by atoms with Crippen LogP contribution in [0.15, 0.2) is 5.16 Å². The third kappa shape index (κ3) is 2.58. The number of fused-ring (bicyclic) bond motifs is 1. The van der Waals surface area contributed by atoms with Gasteiger partial charge in [-0.2, -0.15) is 0 Å². The third-order valence-corrected chi connectivity index (χ3v) is 4.04. The van der Waals surface area contributed by atoms with Gasteiger partial charge in [0.1, 0.15) is 0 Å². The van der Waals surface area contributed by atoms with E-state index in [1.807, 2.05) is 4.90 Å². The molecule has 18 heavy (non-hydrogen) atoms. The van der Waals surface area contributed by atoms with Gasteiger partial charge in [0.2, 0.25) is 5.91 Å². The molecule has 2 fully saturated rings. The normalized spacial score (nSPS) is 27.7. The molecule has 0 aromatic carbocycles. The Bertz CT molecular complexity index is 345. The van der Waals surface area contributed by atoms with Gasteiger partial charge >= 0.3 is 0 Å². The van der Waals surface area contributed by atoms with E-state index in [-0.39, 0.29) is 11.7 Å². The van der Waals surface area contributed by atoms with Crippen LogP contribution in [0, 0.1) is 5.92 Å². The van der Waals surface area contributed by atoms with Crippen molar-refractivity contribution >= 4 is 11.7 Å². The lowest BCUT2D eigenvalue weighted by Gasteiger charge is -2.27. The molecule has 6 nitrogen and oxygen atoms in total. The molecule has 0 radical (unpaired) electrons. The molecule has 2 unspecified atom stereocenters. The number of amides is 1. The quantitative estimate of drug-likeness (QED) is 0.316. The molecule has 0 spiro atoms. The van der Waals surface area contributed by atoms with E-state index in [0.29, 0.717) is 6.04 Å². The third-order valence-electron chi connectivity index (χ3n) is 4.04. The number of nitrogens with two attached hydrogens (primary N) is 1. The van der Waals surface area contributed by atoms with Crippen LogP contribution in [0.3, 0.4) is 0 Å². The van der Waals surface area contributed by atoms with Crippen molar-refractivity contribution in [3.63, 3.8) is 0 Å². The Morgan fingerprint density at radius 1 is 1.39 bits per heavy atom. The fourth-order valence-corrected chi connectivity index (χ4v) is 2.89. The summed E-state index contributed by atoms with van der Waals surface area (Å²) in [5.74, 6) is -0.575. The van der Waals surface area contributed by atoms with E-state index in [4.69, 9.17) is 10.9 Å². The highest BCUT2D eigenvalue weighted by Gasteiger charge is 2.32. The highest BCUT2D eigenvalue weighted by atomic mass is 16.4. The van der Waals surface area contributed by atoms with Crippen LogP contribution in [0.5, 0.6) is 0 Å². The van der Waals surface area contributed by atoms with Crippen LogP contribution >= 0.6 is 0 Å². The Kier molecular flexibility index (Phi) is 4.06. The minimum absolute atomic E-state index is 0.00692. The summed E-state index contributed by atoms with van der Waals surface area (Å²) in [5, 5.41) is 11.6. The molecule has 2 atom stereocenters. The molecule has 0 bridgehead atoms. The second kappa shape index (κ2) is 5.56. The predicted molar refractivity (Wildman–Crippen MR) is 68.4 cm³/mol. The Hall–Kier alpha value is -1.30. The van der Waals surface area contributed by atoms with Crippen LogP contribution in [0.1, 0.15) is 26.2 Å². The summed E-state index contributed by atoms with van der Waals surface area (Å²) >= 11 is 0. The first-order valence-electron chi connectivity index (χ1n) is 6.63. The van der Waals surface area contributed by atoms with E-state index in [1.54, 1.807) is 6.92 Å². The molecule has 6 heteroatoms. The zero-order valence-corrected chi connectivity index (χ0v) is 10.9. The topological polar surface area (TPSA) is 82.2 Å². The summed E-state index contributed by atoms with van der Waals surface area (Å²) in [5.41, 5.74) is 5.51. The molecule has 2 rings (SSSR count). The van der Waals surface area contributed by atoms with Crippen molar-refractivity contribution in [1.29, 1.82) is 0 Å². The summed E-state index contributed by atoms with van der Waals surface area (Å²) in [7, 11) is 0. The minimum atomic E-state index is -0.539. The first kappa shape index (κ1) is 13.1. The van der Waals surface area contributed by atoms with Crippen LogP contribution < -0.4 is 5.73 Å². The van der Waals surface area contributed by atoms with Crippen LogP contribution in [-0.2, 0) is 4.79 Å². The Morgan fingerprint density at radius 3 is 2.83 bits per heavy atom. The summed E-state index contributed by atoms with van der Waals surface area (Å²) < 4.78 is 0. The van der Waals surface area contributed by atoms with Crippen molar-refractivity contribution in [2.24, 2.45) is 16.8 Å². The summed E-state index contributed by atoms with van der Waals surface area (Å²) in [6, 6.07) is 0.496. The summed E-state index contributed by atoms with van der Waals surface area (Å²) in [6.07, 6.45) is 3.40. The predicted octanol–water partition coefficient (Wildman–Crippen LogP) is 0.0656. The monoisotopic (exact) mass is 254 g/mol. The molecule has 0 saturated carbocycles. The lowest BCUT2D eigenvalue weighted by Crippen LogP contribution is -2.44. The number of carbonyl (C=O) groups is 1. The summed E-state index contributed by atoms with van der Waals surface area (Å²) in [6.45, 7) is 5.47. The highest BCUT2D eigenvalue weighted by molar-refractivity contribution is 6.01. The zero-order chi connectivity index (χ0) is 13.1. The van der Waals surface area contributed by atoms with Gasteiger partial charge in [-0.15, -0.1) is 0 Å². The van der Waals surface area contributed by atoms with E-state index in [0.717, 1.165) is 32.6 Å². The molecule has 2 aliphatic rings. The highest BCUT2D eigenvalue weighted by Crippen LogP contribution is 2.22. The number of amidine groups is 1.